The highest BCUT2D eigenvalue weighted by Crippen LogP contribution is 2.21. The predicted octanol–water partition coefficient (Wildman–Crippen LogP) is 2.98. The molecule has 30 heavy (non-hydrogen) atoms. The Bertz CT molecular complexity index is 1010. The van der Waals surface area contributed by atoms with Gasteiger partial charge in [0.25, 0.3) is 0 Å². The van der Waals surface area contributed by atoms with Crippen molar-refractivity contribution < 1.29 is 18.0 Å². The molecule has 2 rings (SSSR count). The van der Waals surface area contributed by atoms with Gasteiger partial charge in [-0.05, 0) is 71.5 Å². The lowest BCUT2D eigenvalue weighted by Crippen LogP contribution is -2.50. The molecule has 0 spiro atoms. The first-order chi connectivity index (χ1) is 14.0. The molecule has 7 nitrogen and oxygen atoms in total. The molecule has 0 fully saturated rings. The van der Waals surface area contributed by atoms with Crippen LogP contribution in [0.2, 0.25) is 0 Å². The summed E-state index contributed by atoms with van der Waals surface area (Å²) in [4.78, 5) is 26.9. The molecule has 0 heterocycles. The van der Waals surface area contributed by atoms with Crippen molar-refractivity contribution in [3.8, 4) is 0 Å². The van der Waals surface area contributed by atoms with Crippen molar-refractivity contribution in [1.82, 2.24) is 10.2 Å². The summed E-state index contributed by atoms with van der Waals surface area (Å²) in [5, 5.41) is 2.54. The highest BCUT2D eigenvalue weighted by molar-refractivity contribution is 14.1. The summed E-state index contributed by atoms with van der Waals surface area (Å²) in [6.07, 6.45) is 1.05. The van der Waals surface area contributed by atoms with Crippen molar-refractivity contribution in [1.29, 1.82) is 0 Å². The number of benzene rings is 2. The van der Waals surface area contributed by atoms with E-state index in [0.29, 0.717) is 5.69 Å². The van der Waals surface area contributed by atoms with E-state index >= 15 is 0 Å². The minimum Gasteiger partial charge on any atom is -0.357 e. The van der Waals surface area contributed by atoms with Crippen LogP contribution in [0.4, 0.5) is 5.69 Å². The molecule has 10 heteroatoms. The molecule has 0 aliphatic heterocycles. The van der Waals surface area contributed by atoms with E-state index in [0.717, 1.165) is 24.2 Å². The fourth-order valence-corrected chi connectivity index (χ4v) is 4.50. The van der Waals surface area contributed by atoms with Crippen molar-refractivity contribution in [3.05, 3.63) is 62.1 Å². The fraction of sp³-hybridized carbons (Fsp3) is 0.300. The zero-order valence-corrected chi connectivity index (χ0v) is 21.4. The van der Waals surface area contributed by atoms with Gasteiger partial charge >= 0.3 is 0 Å². The molecule has 2 aromatic rings. The third-order valence-electron chi connectivity index (χ3n) is 4.45. The van der Waals surface area contributed by atoms with Gasteiger partial charge in [0.1, 0.15) is 12.6 Å². The van der Waals surface area contributed by atoms with Crippen LogP contribution in [0.3, 0.4) is 0 Å². The number of anilines is 1. The number of rotatable bonds is 8. The zero-order chi connectivity index (χ0) is 22.5. The van der Waals surface area contributed by atoms with Gasteiger partial charge in [0.05, 0.1) is 11.9 Å². The third kappa shape index (κ3) is 6.67. The summed E-state index contributed by atoms with van der Waals surface area (Å²) in [6.45, 7) is 1.37. The fourth-order valence-electron chi connectivity index (χ4n) is 2.84. The van der Waals surface area contributed by atoms with Crippen molar-refractivity contribution in [2.24, 2.45) is 0 Å². The van der Waals surface area contributed by atoms with Gasteiger partial charge in [-0.15, -0.1) is 0 Å². The lowest BCUT2D eigenvalue weighted by molar-refractivity contribution is -0.139. The number of sulfonamides is 1. The van der Waals surface area contributed by atoms with Crippen LogP contribution in [-0.4, -0.2) is 51.0 Å². The average molecular weight is 608 g/mol. The lowest BCUT2D eigenvalue weighted by atomic mass is 10.1. The summed E-state index contributed by atoms with van der Waals surface area (Å²) in [7, 11) is -2.22. The Morgan fingerprint density at radius 1 is 1.17 bits per heavy atom. The average Bonchev–Trinajstić information content (AvgIpc) is 2.69. The Balaban J connectivity index is 2.36. The third-order valence-corrected chi connectivity index (χ3v) is 6.80. The van der Waals surface area contributed by atoms with E-state index in [1.165, 1.54) is 11.9 Å². The van der Waals surface area contributed by atoms with Crippen molar-refractivity contribution in [2.75, 3.05) is 24.2 Å². The molecule has 1 N–H and O–H groups in total. The number of carbonyl (C=O) groups excluding carboxylic acids is 2. The van der Waals surface area contributed by atoms with E-state index in [4.69, 9.17) is 0 Å². The van der Waals surface area contributed by atoms with E-state index in [2.05, 4.69) is 43.8 Å². The monoisotopic (exact) mass is 607 g/mol. The highest BCUT2D eigenvalue weighted by atomic mass is 127. The first kappa shape index (κ1) is 24.6. The van der Waals surface area contributed by atoms with Crippen LogP contribution in [0.25, 0.3) is 0 Å². The quantitative estimate of drug-likeness (QED) is 0.468. The Morgan fingerprint density at radius 3 is 2.33 bits per heavy atom. The topological polar surface area (TPSA) is 86.8 Å². The van der Waals surface area contributed by atoms with Crippen molar-refractivity contribution in [2.45, 2.75) is 19.5 Å². The second-order valence-electron chi connectivity index (χ2n) is 6.69. The van der Waals surface area contributed by atoms with Crippen LogP contribution in [0, 0.1) is 3.57 Å². The number of amides is 2. The Kier molecular flexibility index (Phi) is 8.68. The summed E-state index contributed by atoms with van der Waals surface area (Å²) >= 11 is 5.52. The van der Waals surface area contributed by atoms with Gasteiger partial charge in [-0.1, -0.05) is 28.1 Å². The van der Waals surface area contributed by atoms with E-state index in [-0.39, 0.29) is 12.5 Å². The first-order valence-electron chi connectivity index (χ1n) is 9.01. The van der Waals surface area contributed by atoms with Crippen LogP contribution in [0.5, 0.6) is 0 Å². The number of hydrogen-bond acceptors (Lipinski definition) is 4. The maximum atomic E-state index is 13.2. The van der Waals surface area contributed by atoms with Gasteiger partial charge in [-0.3, -0.25) is 13.9 Å². The smallest absolute Gasteiger partial charge is 0.244 e. The highest BCUT2D eigenvalue weighted by Gasteiger charge is 2.29. The van der Waals surface area contributed by atoms with Crippen molar-refractivity contribution >= 4 is 66.0 Å². The number of halogens is 2. The van der Waals surface area contributed by atoms with Crippen LogP contribution in [0.15, 0.2) is 53.0 Å². The van der Waals surface area contributed by atoms with Gasteiger partial charge in [0, 0.05) is 21.6 Å². The van der Waals surface area contributed by atoms with Gasteiger partial charge in [0.15, 0.2) is 0 Å². The summed E-state index contributed by atoms with van der Waals surface area (Å²) < 4.78 is 27.7. The number of hydrogen-bond donors (Lipinski definition) is 1. The molecule has 1 atom stereocenters. The minimum atomic E-state index is -3.72. The van der Waals surface area contributed by atoms with Crippen LogP contribution in [0.1, 0.15) is 12.5 Å². The SMILES string of the molecule is CNC(=O)C(C)N(Cc1cccc(Br)c1)C(=O)CN(c1ccc(I)cc1)S(C)(=O)=O. The molecule has 0 aliphatic carbocycles. The molecule has 162 valence electrons. The van der Waals surface area contributed by atoms with Gasteiger partial charge < -0.3 is 10.2 Å². The molecule has 0 aromatic heterocycles. The summed E-state index contributed by atoms with van der Waals surface area (Å²) in [6, 6.07) is 13.4. The number of carbonyl (C=O) groups is 2. The van der Waals surface area contributed by atoms with E-state index < -0.39 is 28.5 Å². The van der Waals surface area contributed by atoms with E-state index in [9.17, 15) is 18.0 Å². The summed E-state index contributed by atoms with van der Waals surface area (Å²) in [5.74, 6) is -0.812. The van der Waals surface area contributed by atoms with Gasteiger partial charge in [0.2, 0.25) is 21.8 Å². The molecule has 0 saturated carbocycles. The molecule has 0 aliphatic rings. The summed E-state index contributed by atoms with van der Waals surface area (Å²) in [5.41, 5.74) is 1.20. The Morgan fingerprint density at radius 2 is 1.80 bits per heavy atom. The molecule has 0 bridgehead atoms. The van der Waals surface area contributed by atoms with E-state index in [1.54, 1.807) is 31.2 Å². The second kappa shape index (κ2) is 10.6. The van der Waals surface area contributed by atoms with Crippen LogP contribution >= 0.6 is 38.5 Å². The molecular formula is C20H23BrIN3O4S. The number of nitrogens with one attached hydrogen (secondary N) is 1. The Labute approximate surface area is 199 Å². The van der Waals surface area contributed by atoms with Crippen molar-refractivity contribution in [3.63, 3.8) is 0 Å². The molecular weight excluding hydrogens is 585 g/mol. The largest absolute Gasteiger partial charge is 0.357 e. The standard InChI is InChI=1S/C20H23BrIN3O4S/c1-14(20(27)23-2)24(12-15-5-4-6-16(21)11-15)19(26)13-25(30(3,28)29)18-9-7-17(22)8-10-18/h4-11,14H,12-13H2,1-3H3,(H,23,27). The molecule has 2 aromatic carbocycles. The molecule has 0 saturated heterocycles. The molecule has 1 unspecified atom stereocenters. The molecule has 2 amide bonds. The predicted molar refractivity (Wildman–Crippen MR) is 130 cm³/mol. The molecule has 0 radical (unpaired) electrons. The van der Waals surface area contributed by atoms with Gasteiger partial charge in [-0.25, -0.2) is 8.42 Å². The van der Waals surface area contributed by atoms with E-state index in [1.807, 2.05) is 24.3 Å². The number of nitrogens with zero attached hydrogens (tertiary/aromatic N) is 2. The maximum absolute atomic E-state index is 13.2. The lowest BCUT2D eigenvalue weighted by Gasteiger charge is -2.31. The van der Waals surface area contributed by atoms with Crippen LogP contribution < -0.4 is 9.62 Å². The Hall–Kier alpha value is -1.66. The number of likely N-dealkylation sites (N-methyl/N-ethyl adjacent to an activating group) is 1. The first-order valence-corrected chi connectivity index (χ1v) is 12.7. The zero-order valence-electron chi connectivity index (χ0n) is 16.8. The second-order valence-corrected chi connectivity index (χ2v) is 10.8. The minimum absolute atomic E-state index is 0.164. The maximum Gasteiger partial charge on any atom is 0.244 e. The normalized spacial score (nSPS) is 12.2. The van der Waals surface area contributed by atoms with Gasteiger partial charge in [-0.2, -0.15) is 0 Å². The van der Waals surface area contributed by atoms with Crippen LogP contribution in [-0.2, 0) is 26.2 Å².